The van der Waals surface area contributed by atoms with Gasteiger partial charge in [-0.3, -0.25) is 4.79 Å². The van der Waals surface area contributed by atoms with Crippen molar-refractivity contribution >= 4 is 17.5 Å². The molecule has 5 nitrogen and oxygen atoms in total. The Bertz CT molecular complexity index is 638. The molecule has 0 unspecified atom stereocenters. The number of ketones is 1. The molecule has 6 heteroatoms. The first-order valence-corrected chi connectivity index (χ1v) is 8.51. The Morgan fingerprint density at radius 1 is 1.35 bits per heavy atom. The first kappa shape index (κ1) is 17.7. The van der Waals surface area contributed by atoms with Crippen LogP contribution in [0.1, 0.15) is 28.0 Å². The number of aliphatic hydroxyl groups excluding tert-OH is 1. The van der Waals surface area contributed by atoms with E-state index in [-0.39, 0.29) is 12.4 Å². The molecule has 0 amide bonds. The molecule has 2 aromatic rings. The standard InChI is InChI=1S/C17H22N2O3S/c1-13-4-6-14(7-5-13)16(21)12-23-17-18-10-15(11-20)19(17)8-3-9-22-2/h4-7,10,20H,3,8-9,11-12H2,1-2H3. The molecule has 0 fully saturated rings. The maximum atomic E-state index is 12.3. The van der Waals surface area contributed by atoms with E-state index in [4.69, 9.17) is 4.74 Å². The second-order valence-corrected chi connectivity index (χ2v) is 6.21. The summed E-state index contributed by atoms with van der Waals surface area (Å²) in [4.78, 5) is 16.6. The zero-order valence-electron chi connectivity index (χ0n) is 13.5. The van der Waals surface area contributed by atoms with Crippen molar-refractivity contribution in [1.29, 1.82) is 0 Å². The number of thioether (sulfide) groups is 1. The number of hydrogen-bond acceptors (Lipinski definition) is 5. The lowest BCUT2D eigenvalue weighted by molar-refractivity contribution is 0.102. The number of carbonyl (C=O) groups excluding carboxylic acids is 1. The zero-order valence-corrected chi connectivity index (χ0v) is 14.3. The van der Waals surface area contributed by atoms with Crippen LogP contribution in [-0.4, -0.2) is 39.9 Å². The van der Waals surface area contributed by atoms with Crippen molar-refractivity contribution in [2.45, 2.75) is 31.7 Å². The average Bonchev–Trinajstić information content (AvgIpc) is 2.95. The number of hydrogen-bond donors (Lipinski definition) is 1. The predicted molar refractivity (Wildman–Crippen MR) is 90.9 cm³/mol. The van der Waals surface area contributed by atoms with Crippen molar-refractivity contribution in [3.63, 3.8) is 0 Å². The number of aryl methyl sites for hydroxylation is 1. The number of nitrogens with zero attached hydrogens (tertiary/aromatic N) is 2. The van der Waals surface area contributed by atoms with Gasteiger partial charge in [0.05, 0.1) is 24.3 Å². The van der Waals surface area contributed by atoms with Crippen LogP contribution < -0.4 is 0 Å². The molecule has 1 heterocycles. The molecule has 1 aromatic heterocycles. The summed E-state index contributed by atoms with van der Waals surface area (Å²) in [5, 5.41) is 10.2. The van der Waals surface area contributed by atoms with Gasteiger partial charge in [-0.2, -0.15) is 0 Å². The molecular formula is C17H22N2O3S. The maximum Gasteiger partial charge on any atom is 0.173 e. The van der Waals surface area contributed by atoms with Crippen molar-refractivity contribution in [2.24, 2.45) is 0 Å². The van der Waals surface area contributed by atoms with Crippen molar-refractivity contribution in [3.05, 3.63) is 47.3 Å². The number of carbonyl (C=O) groups is 1. The summed E-state index contributed by atoms with van der Waals surface area (Å²) in [6.45, 7) is 3.29. The fraction of sp³-hybridized carbons (Fsp3) is 0.412. The molecule has 2 rings (SSSR count). The minimum Gasteiger partial charge on any atom is -0.390 e. The van der Waals surface area contributed by atoms with E-state index in [1.807, 2.05) is 35.8 Å². The number of methoxy groups -OCH3 is 1. The Hall–Kier alpha value is -1.63. The molecule has 1 aromatic carbocycles. The number of aliphatic hydroxyl groups is 1. The molecule has 0 aliphatic carbocycles. The molecule has 23 heavy (non-hydrogen) atoms. The summed E-state index contributed by atoms with van der Waals surface area (Å²) in [6, 6.07) is 7.58. The Morgan fingerprint density at radius 3 is 2.74 bits per heavy atom. The van der Waals surface area contributed by atoms with Gasteiger partial charge in [-0.15, -0.1) is 0 Å². The third kappa shape index (κ3) is 4.92. The predicted octanol–water partition coefficient (Wildman–Crippen LogP) is 2.70. The third-order valence-electron chi connectivity index (χ3n) is 3.50. The molecule has 0 aliphatic heterocycles. The maximum absolute atomic E-state index is 12.3. The van der Waals surface area contributed by atoms with Crippen LogP contribution in [0.5, 0.6) is 0 Å². The summed E-state index contributed by atoms with van der Waals surface area (Å²) in [6.07, 6.45) is 2.49. The Labute approximate surface area is 140 Å². The smallest absolute Gasteiger partial charge is 0.173 e. The van der Waals surface area contributed by atoms with Crippen LogP contribution in [0.3, 0.4) is 0 Å². The molecular weight excluding hydrogens is 312 g/mol. The molecule has 0 saturated heterocycles. The third-order valence-corrected chi connectivity index (χ3v) is 4.49. The second-order valence-electron chi connectivity index (χ2n) is 5.27. The van der Waals surface area contributed by atoms with Gasteiger partial charge in [0, 0.05) is 25.8 Å². The van der Waals surface area contributed by atoms with Crippen LogP contribution >= 0.6 is 11.8 Å². The SMILES string of the molecule is COCCCn1c(CO)cnc1SCC(=O)c1ccc(C)cc1. The van der Waals surface area contributed by atoms with Gasteiger partial charge in [0.15, 0.2) is 10.9 Å². The second kappa shape index (κ2) is 8.86. The quantitative estimate of drug-likeness (QED) is 0.434. The number of imidazole rings is 1. The molecule has 0 aliphatic rings. The summed E-state index contributed by atoms with van der Waals surface area (Å²) < 4.78 is 7.01. The van der Waals surface area contributed by atoms with E-state index in [9.17, 15) is 9.90 Å². The van der Waals surface area contributed by atoms with Gasteiger partial charge in [-0.05, 0) is 13.3 Å². The van der Waals surface area contributed by atoms with Gasteiger partial charge in [0.25, 0.3) is 0 Å². The molecule has 0 saturated carbocycles. The Balaban J connectivity index is 2.00. The number of Topliss-reactive ketones (excluding diaryl/α,β-unsaturated/α-hetero) is 1. The van der Waals surface area contributed by atoms with Crippen molar-refractivity contribution < 1.29 is 14.6 Å². The van der Waals surface area contributed by atoms with Gasteiger partial charge in [-0.25, -0.2) is 4.98 Å². The van der Waals surface area contributed by atoms with E-state index >= 15 is 0 Å². The number of aromatic nitrogens is 2. The highest BCUT2D eigenvalue weighted by molar-refractivity contribution is 7.99. The van der Waals surface area contributed by atoms with Crippen LogP contribution in [0.15, 0.2) is 35.6 Å². The number of ether oxygens (including phenoxy) is 1. The lowest BCUT2D eigenvalue weighted by Gasteiger charge is -2.10. The van der Waals surface area contributed by atoms with Crippen LogP contribution in [0, 0.1) is 6.92 Å². The Morgan fingerprint density at radius 2 is 2.09 bits per heavy atom. The number of benzene rings is 1. The fourth-order valence-corrected chi connectivity index (χ4v) is 3.11. The van der Waals surface area contributed by atoms with Crippen LogP contribution in [0.4, 0.5) is 0 Å². The fourth-order valence-electron chi connectivity index (χ4n) is 2.19. The van der Waals surface area contributed by atoms with Crippen LogP contribution in [0.2, 0.25) is 0 Å². The monoisotopic (exact) mass is 334 g/mol. The lowest BCUT2D eigenvalue weighted by Crippen LogP contribution is -2.09. The van der Waals surface area contributed by atoms with Crippen LogP contribution in [0.25, 0.3) is 0 Å². The molecule has 0 atom stereocenters. The molecule has 1 N–H and O–H groups in total. The largest absolute Gasteiger partial charge is 0.390 e. The number of rotatable bonds is 9. The van der Waals surface area contributed by atoms with Crippen LogP contribution in [-0.2, 0) is 17.9 Å². The first-order chi connectivity index (χ1) is 11.2. The molecule has 0 radical (unpaired) electrons. The van der Waals surface area contributed by atoms with E-state index in [0.29, 0.717) is 24.5 Å². The normalized spacial score (nSPS) is 10.9. The van der Waals surface area contributed by atoms with Crippen molar-refractivity contribution in [1.82, 2.24) is 9.55 Å². The van der Waals surface area contributed by atoms with Gasteiger partial charge >= 0.3 is 0 Å². The zero-order chi connectivity index (χ0) is 16.7. The van der Waals surface area contributed by atoms with E-state index < -0.39 is 0 Å². The van der Waals surface area contributed by atoms with Gasteiger partial charge in [0.2, 0.25) is 0 Å². The minimum absolute atomic E-state index is 0.0630. The average molecular weight is 334 g/mol. The highest BCUT2D eigenvalue weighted by Crippen LogP contribution is 2.21. The summed E-state index contributed by atoms with van der Waals surface area (Å²) >= 11 is 1.40. The summed E-state index contributed by atoms with van der Waals surface area (Å²) in [5.41, 5.74) is 2.60. The van der Waals surface area contributed by atoms with E-state index in [1.54, 1.807) is 13.3 Å². The lowest BCUT2D eigenvalue weighted by atomic mass is 10.1. The summed E-state index contributed by atoms with van der Waals surface area (Å²) in [5.74, 6) is 0.405. The highest BCUT2D eigenvalue weighted by atomic mass is 32.2. The molecule has 0 spiro atoms. The van der Waals surface area contributed by atoms with Gasteiger partial charge in [0.1, 0.15) is 0 Å². The van der Waals surface area contributed by atoms with E-state index in [0.717, 1.165) is 22.8 Å². The molecule has 124 valence electrons. The Kier molecular flexibility index (Phi) is 6.83. The van der Waals surface area contributed by atoms with Crippen molar-refractivity contribution in [2.75, 3.05) is 19.5 Å². The summed E-state index contributed by atoms with van der Waals surface area (Å²) in [7, 11) is 1.66. The van der Waals surface area contributed by atoms with E-state index in [2.05, 4.69) is 4.98 Å². The molecule has 0 bridgehead atoms. The van der Waals surface area contributed by atoms with E-state index in [1.165, 1.54) is 11.8 Å². The van der Waals surface area contributed by atoms with Gasteiger partial charge < -0.3 is 14.4 Å². The topological polar surface area (TPSA) is 64.3 Å². The first-order valence-electron chi connectivity index (χ1n) is 7.52. The highest BCUT2D eigenvalue weighted by Gasteiger charge is 2.13. The van der Waals surface area contributed by atoms with Crippen molar-refractivity contribution in [3.8, 4) is 0 Å². The van der Waals surface area contributed by atoms with Gasteiger partial charge in [-0.1, -0.05) is 41.6 Å². The minimum atomic E-state index is -0.0630.